The summed E-state index contributed by atoms with van der Waals surface area (Å²) in [6.07, 6.45) is 5.44. The van der Waals surface area contributed by atoms with Crippen LogP contribution in [0.3, 0.4) is 0 Å². The molecule has 3 heteroatoms. The fourth-order valence-electron chi connectivity index (χ4n) is 1.37. The maximum absolute atomic E-state index is 5.70. The zero-order valence-electron chi connectivity index (χ0n) is 8.44. The van der Waals surface area contributed by atoms with Gasteiger partial charge in [0.15, 0.2) is 0 Å². The van der Waals surface area contributed by atoms with Crippen molar-refractivity contribution in [2.45, 2.75) is 12.8 Å². The van der Waals surface area contributed by atoms with Gasteiger partial charge in [0.05, 0.1) is 5.69 Å². The molecule has 0 fully saturated rings. The summed E-state index contributed by atoms with van der Waals surface area (Å²) in [6.45, 7) is 2.02. The van der Waals surface area contributed by atoms with Crippen LogP contribution in [0.4, 0.5) is 0 Å². The molecule has 0 aromatic carbocycles. The van der Waals surface area contributed by atoms with Crippen molar-refractivity contribution < 1.29 is 0 Å². The molecule has 0 atom stereocenters. The Hall–Kier alpha value is -1.41. The van der Waals surface area contributed by atoms with Gasteiger partial charge < -0.3 is 0 Å². The first-order valence-corrected chi connectivity index (χ1v) is 5.26. The first kappa shape index (κ1) is 10.1. The van der Waals surface area contributed by atoms with Crippen LogP contribution in [0.1, 0.15) is 11.1 Å². The van der Waals surface area contributed by atoms with Crippen molar-refractivity contribution >= 4 is 11.6 Å². The van der Waals surface area contributed by atoms with E-state index in [-0.39, 0.29) is 0 Å². The molecule has 0 N–H and O–H groups in total. The second-order valence-corrected chi connectivity index (χ2v) is 3.70. The summed E-state index contributed by atoms with van der Waals surface area (Å²) in [4.78, 5) is 8.47. The minimum Gasteiger partial charge on any atom is -0.264 e. The Balaban J connectivity index is 2.37. The van der Waals surface area contributed by atoms with E-state index in [2.05, 4.69) is 16.0 Å². The lowest BCUT2D eigenvalue weighted by atomic mass is 10.1. The molecule has 2 aromatic heterocycles. The van der Waals surface area contributed by atoms with E-state index in [0.717, 1.165) is 22.4 Å². The molecule has 2 nitrogen and oxygen atoms in total. The number of rotatable bonds is 2. The van der Waals surface area contributed by atoms with E-state index in [1.54, 1.807) is 6.20 Å². The van der Waals surface area contributed by atoms with E-state index in [9.17, 15) is 0 Å². The van der Waals surface area contributed by atoms with E-state index in [1.807, 2.05) is 31.5 Å². The van der Waals surface area contributed by atoms with Crippen LogP contribution in [0.2, 0.25) is 0 Å². The highest BCUT2D eigenvalue weighted by Gasteiger charge is 1.99. The highest BCUT2D eigenvalue weighted by atomic mass is 35.5. The van der Waals surface area contributed by atoms with Gasteiger partial charge in [-0.05, 0) is 30.2 Å². The van der Waals surface area contributed by atoms with Gasteiger partial charge in [-0.2, -0.15) is 0 Å². The van der Waals surface area contributed by atoms with Gasteiger partial charge in [-0.3, -0.25) is 9.97 Å². The molecule has 0 bridgehead atoms. The maximum Gasteiger partial charge on any atom is 0.0717 e. The van der Waals surface area contributed by atoms with Crippen LogP contribution < -0.4 is 0 Å². The zero-order chi connectivity index (χ0) is 10.7. The van der Waals surface area contributed by atoms with Gasteiger partial charge in [0, 0.05) is 30.0 Å². The highest BCUT2D eigenvalue weighted by molar-refractivity contribution is 6.17. The van der Waals surface area contributed by atoms with E-state index in [0.29, 0.717) is 5.88 Å². The van der Waals surface area contributed by atoms with Gasteiger partial charge in [0.25, 0.3) is 0 Å². The minimum atomic E-state index is 0.499. The van der Waals surface area contributed by atoms with Crippen LogP contribution in [0, 0.1) is 6.92 Å². The summed E-state index contributed by atoms with van der Waals surface area (Å²) >= 11 is 5.70. The van der Waals surface area contributed by atoms with Crippen LogP contribution in [0.25, 0.3) is 11.3 Å². The molecule has 76 valence electrons. The van der Waals surface area contributed by atoms with Crippen LogP contribution in [-0.4, -0.2) is 9.97 Å². The van der Waals surface area contributed by atoms with E-state index >= 15 is 0 Å². The summed E-state index contributed by atoms with van der Waals surface area (Å²) in [5.41, 5.74) is 4.13. The molecule has 0 aliphatic heterocycles. The lowest BCUT2D eigenvalue weighted by molar-refractivity contribution is 1.22. The van der Waals surface area contributed by atoms with Crippen molar-refractivity contribution in [1.82, 2.24) is 9.97 Å². The molecule has 2 aromatic rings. The number of aryl methyl sites for hydroxylation is 1. The van der Waals surface area contributed by atoms with Crippen molar-refractivity contribution in [3.05, 3.63) is 47.9 Å². The Morgan fingerprint density at radius 3 is 2.67 bits per heavy atom. The summed E-state index contributed by atoms with van der Waals surface area (Å²) in [5, 5.41) is 0. The highest BCUT2D eigenvalue weighted by Crippen LogP contribution is 2.17. The van der Waals surface area contributed by atoms with Crippen LogP contribution >= 0.6 is 11.6 Å². The average Bonchev–Trinajstić information content (AvgIpc) is 2.29. The maximum atomic E-state index is 5.70. The standard InChI is InChI=1S/C12H11ClN2/c1-9-4-11(8-14-6-9)12-3-2-10(5-13)7-15-12/h2-4,6-8H,5H2,1H3. The molecule has 0 saturated carbocycles. The van der Waals surface area contributed by atoms with Crippen molar-refractivity contribution in [3.8, 4) is 11.3 Å². The zero-order valence-corrected chi connectivity index (χ0v) is 9.20. The fraction of sp³-hybridized carbons (Fsp3) is 0.167. The Morgan fingerprint density at radius 2 is 2.07 bits per heavy atom. The van der Waals surface area contributed by atoms with Crippen molar-refractivity contribution in [3.63, 3.8) is 0 Å². The topological polar surface area (TPSA) is 25.8 Å². The Bertz CT molecular complexity index is 451. The number of nitrogens with zero attached hydrogens (tertiary/aromatic N) is 2. The lowest BCUT2D eigenvalue weighted by Crippen LogP contribution is -1.87. The van der Waals surface area contributed by atoms with E-state index in [1.165, 1.54) is 0 Å². The summed E-state index contributed by atoms with van der Waals surface area (Å²) < 4.78 is 0. The summed E-state index contributed by atoms with van der Waals surface area (Å²) in [7, 11) is 0. The first-order chi connectivity index (χ1) is 7.29. The van der Waals surface area contributed by atoms with E-state index < -0.39 is 0 Å². The Labute approximate surface area is 94.0 Å². The summed E-state index contributed by atoms with van der Waals surface area (Å²) in [5.74, 6) is 0.499. The number of hydrogen-bond acceptors (Lipinski definition) is 2. The summed E-state index contributed by atoms with van der Waals surface area (Å²) in [6, 6.07) is 6.02. The van der Waals surface area contributed by atoms with Gasteiger partial charge in [-0.15, -0.1) is 11.6 Å². The van der Waals surface area contributed by atoms with E-state index in [4.69, 9.17) is 11.6 Å². The molecular weight excluding hydrogens is 208 g/mol. The molecule has 15 heavy (non-hydrogen) atoms. The van der Waals surface area contributed by atoms with Gasteiger partial charge in [-0.1, -0.05) is 6.07 Å². The third-order valence-electron chi connectivity index (χ3n) is 2.15. The van der Waals surface area contributed by atoms with Crippen LogP contribution in [0.15, 0.2) is 36.8 Å². The number of pyridine rings is 2. The molecule has 0 spiro atoms. The first-order valence-electron chi connectivity index (χ1n) is 4.72. The number of halogens is 1. The van der Waals surface area contributed by atoms with Crippen molar-refractivity contribution in [1.29, 1.82) is 0 Å². The molecule has 0 aliphatic carbocycles. The average molecular weight is 219 g/mol. The third kappa shape index (κ3) is 2.34. The number of alkyl halides is 1. The largest absolute Gasteiger partial charge is 0.264 e. The predicted octanol–water partition coefficient (Wildman–Crippen LogP) is 3.19. The molecular formula is C12H11ClN2. The number of hydrogen-bond donors (Lipinski definition) is 0. The number of aromatic nitrogens is 2. The van der Waals surface area contributed by atoms with Gasteiger partial charge in [0.2, 0.25) is 0 Å². The van der Waals surface area contributed by atoms with Crippen molar-refractivity contribution in [2.24, 2.45) is 0 Å². The minimum absolute atomic E-state index is 0.499. The van der Waals surface area contributed by atoms with Crippen LogP contribution in [-0.2, 0) is 5.88 Å². The third-order valence-corrected chi connectivity index (χ3v) is 2.46. The second-order valence-electron chi connectivity index (χ2n) is 3.44. The SMILES string of the molecule is Cc1cncc(-c2ccc(CCl)cn2)c1. The van der Waals surface area contributed by atoms with Gasteiger partial charge in [-0.25, -0.2) is 0 Å². The molecule has 0 radical (unpaired) electrons. The second kappa shape index (κ2) is 4.41. The Kier molecular flexibility index (Phi) is 2.97. The molecule has 2 heterocycles. The quantitative estimate of drug-likeness (QED) is 0.724. The van der Waals surface area contributed by atoms with Crippen LogP contribution in [0.5, 0.6) is 0 Å². The molecule has 0 saturated heterocycles. The van der Waals surface area contributed by atoms with Gasteiger partial charge in [0.1, 0.15) is 0 Å². The lowest BCUT2D eigenvalue weighted by Gasteiger charge is -2.02. The monoisotopic (exact) mass is 218 g/mol. The van der Waals surface area contributed by atoms with Crippen molar-refractivity contribution in [2.75, 3.05) is 0 Å². The molecule has 0 amide bonds. The molecule has 2 rings (SSSR count). The van der Waals surface area contributed by atoms with Gasteiger partial charge >= 0.3 is 0 Å². The molecule has 0 aliphatic rings. The fourth-order valence-corrected chi connectivity index (χ4v) is 1.53. The predicted molar refractivity (Wildman–Crippen MR) is 61.8 cm³/mol. The Morgan fingerprint density at radius 1 is 1.20 bits per heavy atom. The molecule has 0 unspecified atom stereocenters. The normalized spacial score (nSPS) is 10.3. The smallest absolute Gasteiger partial charge is 0.0717 e.